The minimum Gasteiger partial charge on any atom is -0.480 e. The summed E-state index contributed by atoms with van der Waals surface area (Å²) in [4.78, 5) is 53.6. The lowest BCUT2D eigenvalue weighted by Crippen LogP contribution is -2.58. The van der Waals surface area contributed by atoms with Crippen LogP contribution in [0, 0.1) is 5.92 Å². The summed E-state index contributed by atoms with van der Waals surface area (Å²) in [6, 6.07) is 3.66. The standard InChI is InChI=1S/C26H40N6O5/c1-4-15(2)22(28)25(35)32-21(13-17-14-29-19-10-6-5-9-18(17)19)24(34)31-20(11-7-8-12-27)23(33)30-16(3)26(36)37/h5-6,9-10,14-16,20-22,29H,4,7-8,11-13,27-28H2,1-3H3,(H,30,33)(H,31,34)(H,32,35)(H,36,37). The van der Waals surface area contributed by atoms with Gasteiger partial charge in [0.1, 0.15) is 18.1 Å². The summed E-state index contributed by atoms with van der Waals surface area (Å²) < 4.78 is 0. The predicted molar refractivity (Wildman–Crippen MR) is 141 cm³/mol. The molecule has 0 aliphatic heterocycles. The van der Waals surface area contributed by atoms with Gasteiger partial charge in [-0.3, -0.25) is 19.2 Å². The number of hydrogen-bond acceptors (Lipinski definition) is 6. The molecular weight excluding hydrogens is 476 g/mol. The molecule has 204 valence electrons. The Balaban J connectivity index is 2.28. The Morgan fingerprint density at radius 2 is 1.62 bits per heavy atom. The molecule has 1 aromatic heterocycles. The Hall–Kier alpha value is -3.44. The number of aromatic amines is 1. The maximum atomic E-state index is 13.5. The smallest absolute Gasteiger partial charge is 0.325 e. The Kier molecular flexibility index (Phi) is 11.5. The second-order valence-electron chi connectivity index (χ2n) is 9.45. The van der Waals surface area contributed by atoms with Crippen molar-refractivity contribution in [2.75, 3.05) is 6.54 Å². The molecule has 0 fully saturated rings. The quantitative estimate of drug-likeness (QED) is 0.170. The van der Waals surface area contributed by atoms with Crippen molar-refractivity contribution >= 4 is 34.6 Å². The third kappa shape index (κ3) is 8.57. The number of aromatic nitrogens is 1. The van der Waals surface area contributed by atoms with Crippen molar-refractivity contribution in [3.05, 3.63) is 36.0 Å². The zero-order valence-electron chi connectivity index (χ0n) is 21.8. The van der Waals surface area contributed by atoms with Crippen molar-refractivity contribution in [3.63, 3.8) is 0 Å². The summed E-state index contributed by atoms with van der Waals surface area (Å²) >= 11 is 0. The van der Waals surface area contributed by atoms with E-state index >= 15 is 0 Å². The second kappa shape index (κ2) is 14.3. The predicted octanol–water partition coefficient (Wildman–Crippen LogP) is 0.772. The third-order valence-electron chi connectivity index (χ3n) is 6.60. The van der Waals surface area contributed by atoms with Crippen LogP contribution in [0.1, 0.15) is 52.0 Å². The first-order chi connectivity index (χ1) is 17.6. The molecule has 11 nitrogen and oxygen atoms in total. The van der Waals surface area contributed by atoms with E-state index in [1.54, 1.807) is 6.20 Å². The average Bonchev–Trinajstić information content (AvgIpc) is 3.29. The summed E-state index contributed by atoms with van der Waals surface area (Å²) in [7, 11) is 0. The molecule has 2 rings (SSSR count). The van der Waals surface area contributed by atoms with Crippen LogP contribution in [0.3, 0.4) is 0 Å². The van der Waals surface area contributed by atoms with Crippen LogP contribution in [0.2, 0.25) is 0 Å². The second-order valence-corrected chi connectivity index (χ2v) is 9.45. The molecule has 0 aliphatic carbocycles. The number of para-hydroxylation sites is 1. The number of carboxylic acids is 1. The lowest BCUT2D eigenvalue weighted by atomic mass is 9.98. The lowest BCUT2D eigenvalue weighted by molar-refractivity contribution is -0.141. The molecular formula is C26H40N6O5. The zero-order valence-corrected chi connectivity index (χ0v) is 21.8. The maximum absolute atomic E-state index is 13.5. The highest BCUT2D eigenvalue weighted by atomic mass is 16.4. The summed E-state index contributed by atoms with van der Waals surface area (Å²) in [6.45, 7) is 5.55. The number of carbonyl (C=O) groups excluding carboxylic acids is 3. The van der Waals surface area contributed by atoms with E-state index in [1.165, 1.54) is 6.92 Å². The number of nitrogens with two attached hydrogens (primary N) is 2. The van der Waals surface area contributed by atoms with E-state index in [4.69, 9.17) is 16.6 Å². The van der Waals surface area contributed by atoms with Gasteiger partial charge in [0.25, 0.3) is 0 Å². The van der Waals surface area contributed by atoms with E-state index in [9.17, 15) is 19.2 Å². The minimum absolute atomic E-state index is 0.0934. The number of rotatable bonds is 15. The van der Waals surface area contributed by atoms with Crippen LogP contribution in [0.4, 0.5) is 0 Å². The van der Waals surface area contributed by atoms with Gasteiger partial charge in [-0.05, 0) is 50.3 Å². The summed E-state index contributed by atoms with van der Waals surface area (Å²) in [6.07, 6.45) is 4.09. The number of H-pyrrole nitrogens is 1. The first-order valence-electron chi connectivity index (χ1n) is 12.7. The molecule has 5 atom stereocenters. The molecule has 0 aliphatic rings. The van der Waals surface area contributed by atoms with Gasteiger partial charge in [-0.25, -0.2) is 0 Å². The van der Waals surface area contributed by atoms with E-state index in [0.29, 0.717) is 25.8 Å². The first-order valence-corrected chi connectivity index (χ1v) is 12.7. The van der Waals surface area contributed by atoms with Gasteiger partial charge in [-0.15, -0.1) is 0 Å². The van der Waals surface area contributed by atoms with Crippen molar-refractivity contribution in [2.45, 2.75) is 77.0 Å². The van der Waals surface area contributed by atoms with Gasteiger partial charge in [0.15, 0.2) is 0 Å². The van der Waals surface area contributed by atoms with Crippen molar-refractivity contribution in [3.8, 4) is 0 Å². The van der Waals surface area contributed by atoms with Gasteiger partial charge in [0.2, 0.25) is 17.7 Å². The highest BCUT2D eigenvalue weighted by Crippen LogP contribution is 2.19. The largest absolute Gasteiger partial charge is 0.480 e. The van der Waals surface area contributed by atoms with E-state index in [1.807, 2.05) is 38.1 Å². The number of hydrogen-bond donors (Lipinski definition) is 7. The van der Waals surface area contributed by atoms with Crippen molar-refractivity contribution < 1.29 is 24.3 Å². The van der Waals surface area contributed by atoms with Crippen LogP contribution >= 0.6 is 0 Å². The fourth-order valence-corrected chi connectivity index (χ4v) is 3.92. The number of unbranched alkanes of at least 4 members (excludes halogenated alkanes) is 1. The molecule has 0 radical (unpaired) electrons. The third-order valence-corrected chi connectivity index (χ3v) is 6.60. The molecule has 37 heavy (non-hydrogen) atoms. The SMILES string of the molecule is CCC(C)C(N)C(=O)NC(Cc1c[nH]c2ccccc12)C(=O)NC(CCCCN)C(=O)NC(C)C(=O)O. The number of benzene rings is 1. The van der Waals surface area contributed by atoms with Gasteiger partial charge in [-0.1, -0.05) is 38.5 Å². The van der Waals surface area contributed by atoms with Crippen LogP contribution in [0.15, 0.2) is 30.5 Å². The Morgan fingerprint density at radius 1 is 0.973 bits per heavy atom. The van der Waals surface area contributed by atoms with E-state index in [0.717, 1.165) is 16.5 Å². The Morgan fingerprint density at radius 3 is 2.27 bits per heavy atom. The Bertz CT molecular complexity index is 1070. The van der Waals surface area contributed by atoms with Gasteiger partial charge in [-0.2, -0.15) is 0 Å². The Labute approximate surface area is 217 Å². The topological polar surface area (TPSA) is 192 Å². The molecule has 9 N–H and O–H groups in total. The van der Waals surface area contributed by atoms with Gasteiger partial charge < -0.3 is 37.5 Å². The molecule has 1 heterocycles. The maximum Gasteiger partial charge on any atom is 0.325 e. The van der Waals surface area contributed by atoms with E-state index < -0.39 is 47.9 Å². The molecule has 0 saturated heterocycles. The average molecular weight is 517 g/mol. The molecule has 1 aromatic carbocycles. The number of nitrogens with one attached hydrogen (secondary N) is 4. The van der Waals surface area contributed by atoms with Gasteiger partial charge >= 0.3 is 5.97 Å². The molecule has 0 bridgehead atoms. The van der Waals surface area contributed by atoms with Gasteiger partial charge in [0.05, 0.1) is 6.04 Å². The fraction of sp³-hybridized carbons (Fsp3) is 0.538. The minimum atomic E-state index is -1.19. The summed E-state index contributed by atoms with van der Waals surface area (Å²) in [5.74, 6) is -2.93. The highest BCUT2D eigenvalue weighted by molar-refractivity contribution is 5.94. The zero-order chi connectivity index (χ0) is 27.5. The van der Waals surface area contributed by atoms with Crippen molar-refractivity contribution in [1.29, 1.82) is 0 Å². The highest BCUT2D eigenvalue weighted by Gasteiger charge is 2.30. The number of fused-ring (bicyclic) bond motifs is 1. The molecule has 0 spiro atoms. The van der Waals surface area contributed by atoms with Crippen LogP contribution < -0.4 is 27.4 Å². The molecule has 2 aromatic rings. The molecule has 0 saturated carbocycles. The van der Waals surface area contributed by atoms with Crippen LogP contribution in [-0.4, -0.2) is 64.5 Å². The number of carbonyl (C=O) groups is 4. The fourth-order valence-electron chi connectivity index (χ4n) is 3.92. The van der Waals surface area contributed by atoms with E-state index in [-0.39, 0.29) is 18.8 Å². The van der Waals surface area contributed by atoms with Crippen LogP contribution in [-0.2, 0) is 25.6 Å². The van der Waals surface area contributed by atoms with Gasteiger partial charge in [0, 0.05) is 23.5 Å². The number of aliphatic carboxylic acids is 1. The van der Waals surface area contributed by atoms with Crippen molar-refractivity contribution in [1.82, 2.24) is 20.9 Å². The van der Waals surface area contributed by atoms with Crippen LogP contribution in [0.5, 0.6) is 0 Å². The van der Waals surface area contributed by atoms with Crippen molar-refractivity contribution in [2.24, 2.45) is 17.4 Å². The first kappa shape index (κ1) is 29.8. The van der Waals surface area contributed by atoms with Crippen LogP contribution in [0.25, 0.3) is 10.9 Å². The number of amides is 3. The summed E-state index contributed by atoms with van der Waals surface area (Å²) in [5, 5.41) is 18.0. The normalized spacial score (nSPS) is 15.3. The lowest BCUT2D eigenvalue weighted by Gasteiger charge is -2.26. The molecule has 5 unspecified atom stereocenters. The molecule has 11 heteroatoms. The summed E-state index contributed by atoms with van der Waals surface area (Å²) in [5.41, 5.74) is 13.4. The monoisotopic (exact) mass is 516 g/mol. The molecule has 3 amide bonds. The number of carboxylic acid groups (broad SMARTS) is 1. The van der Waals surface area contributed by atoms with E-state index in [2.05, 4.69) is 20.9 Å².